The summed E-state index contributed by atoms with van der Waals surface area (Å²) in [4.78, 5) is 17.1. The van der Waals surface area contributed by atoms with E-state index >= 15 is 0 Å². The molecule has 5 nitrogen and oxygen atoms in total. The summed E-state index contributed by atoms with van der Waals surface area (Å²) in [6.07, 6.45) is 5.01. The van der Waals surface area contributed by atoms with Crippen LogP contribution in [0.3, 0.4) is 0 Å². The molecule has 116 valence electrons. The van der Waals surface area contributed by atoms with Crippen molar-refractivity contribution in [2.45, 2.75) is 19.4 Å². The molecule has 3 heterocycles. The number of hydrogen-bond donors (Lipinski definition) is 2. The lowest BCUT2D eigenvalue weighted by atomic mass is 9.62. The lowest BCUT2D eigenvalue weighted by molar-refractivity contribution is -0.137. The molecule has 1 saturated heterocycles. The van der Waals surface area contributed by atoms with E-state index in [9.17, 15) is 4.79 Å². The van der Waals surface area contributed by atoms with E-state index in [1.807, 2.05) is 35.9 Å². The van der Waals surface area contributed by atoms with Gasteiger partial charge in [0.1, 0.15) is 5.82 Å². The van der Waals surface area contributed by atoms with Crippen LogP contribution in [0.4, 0.5) is 0 Å². The van der Waals surface area contributed by atoms with E-state index in [-0.39, 0.29) is 17.9 Å². The molecule has 2 aromatic rings. The Labute approximate surface area is 137 Å². The molecular formula is C16H19BrN4O. The smallest absolute Gasteiger partial charge is 0.224 e. The molecule has 4 rings (SSSR count). The second-order valence-electron chi connectivity index (χ2n) is 6.40. The molecule has 1 amide bonds. The van der Waals surface area contributed by atoms with Gasteiger partial charge in [-0.3, -0.25) is 4.79 Å². The molecule has 0 spiro atoms. The third-order valence-corrected chi connectivity index (χ3v) is 5.70. The van der Waals surface area contributed by atoms with E-state index in [4.69, 9.17) is 0 Å². The van der Waals surface area contributed by atoms with E-state index in [2.05, 4.69) is 31.5 Å². The molecule has 1 aliphatic heterocycles. The van der Waals surface area contributed by atoms with Crippen LogP contribution in [0, 0.1) is 17.8 Å². The number of aromatic nitrogens is 2. The van der Waals surface area contributed by atoms with E-state index in [1.54, 1.807) is 0 Å². The van der Waals surface area contributed by atoms with Crippen molar-refractivity contribution >= 4 is 27.4 Å². The topological polar surface area (TPSA) is 58.4 Å². The summed E-state index contributed by atoms with van der Waals surface area (Å²) in [6, 6.07) is 3.87. The number of amides is 1. The number of rotatable bonds is 3. The Morgan fingerprint density at radius 1 is 1.50 bits per heavy atom. The molecular weight excluding hydrogens is 344 g/mol. The molecule has 1 aliphatic carbocycles. The van der Waals surface area contributed by atoms with Crippen LogP contribution < -0.4 is 10.6 Å². The fraction of sp³-hybridized carbons (Fsp3) is 0.500. The second kappa shape index (κ2) is 5.35. The van der Waals surface area contributed by atoms with Gasteiger partial charge in [0.2, 0.25) is 5.91 Å². The molecule has 6 heteroatoms. The lowest BCUT2D eigenvalue weighted by Gasteiger charge is -2.48. The highest BCUT2D eigenvalue weighted by molar-refractivity contribution is 9.10. The first kappa shape index (κ1) is 14.2. The molecule has 0 radical (unpaired) electrons. The van der Waals surface area contributed by atoms with Gasteiger partial charge < -0.3 is 15.0 Å². The molecule has 0 aromatic carbocycles. The average Bonchev–Trinajstić information content (AvgIpc) is 2.93. The predicted octanol–water partition coefficient (Wildman–Crippen LogP) is 2.13. The summed E-state index contributed by atoms with van der Waals surface area (Å²) in [5.74, 6) is 2.25. The largest absolute Gasteiger partial charge is 0.346 e. The van der Waals surface area contributed by atoms with Crippen molar-refractivity contribution in [1.29, 1.82) is 0 Å². The first-order valence-electron chi connectivity index (χ1n) is 7.77. The number of nitrogens with zero attached hydrogens (tertiary/aromatic N) is 2. The predicted molar refractivity (Wildman–Crippen MR) is 87.4 cm³/mol. The van der Waals surface area contributed by atoms with Crippen LogP contribution in [0.15, 0.2) is 29.0 Å². The number of hydrogen-bond acceptors (Lipinski definition) is 3. The Kier molecular flexibility index (Phi) is 3.46. The molecule has 2 aromatic heterocycles. The van der Waals surface area contributed by atoms with Crippen LogP contribution in [0.25, 0.3) is 5.52 Å². The monoisotopic (exact) mass is 362 g/mol. The van der Waals surface area contributed by atoms with Crippen LogP contribution in [0.1, 0.15) is 25.2 Å². The maximum atomic E-state index is 12.6. The zero-order chi connectivity index (χ0) is 15.3. The normalized spacial score (nSPS) is 28.2. The quantitative estimate of drug-likeness (QED) is 0.879. The minimum absolute atomic E-state index is 0.0985. The Bertz CT molecular complexity index is 714. The van der Waals surface area contributed by atoms with E-state index in [0.29, 0.717) is 11.8 Å². The van der Waals surface area contributed by atoms with Crippen LogP contribution >= 0.6 is 15.9 Å². The molecule has 22 heavy (non-hydrogen) atoms. The van der Waals surface area contributed by atoms with Gasteiger partial charge in [-0.1, -0.05) is 0 Å². The van der Waals surface area contributed by atoms with Crippen molar-refractivity contribution in [2.75, 3.05) is 13.1 Å². The minimum Gasteiger partial charge on any atom is -0.346 e. The van der Waals surface area contributed by atoms with Crippen LogP contribution in [-0.4, -0.2) is 28.4 Å². The van der Waals surface area contributed by atoms with Gasteiger partial charge in [-0.25, -0.2) is 4.98 Å². The van der Waals surface area contributed by atoms with Crippen molar-refractivity contribution in [1.82, 2.24) is 20.0 Å². The number of carbonyl (C=O) groups is 1. The standard InChI is InChI=1S/C16H19BrN4O/c1-9(15-19-8-13-12(17)3-2-4-21(13)15)20-16(22)14-10-5-11(14)7-18-6-10/h2-4,8-11,14,18H,5-7H2,1H3,(H,20,22)/t9-,10?,11?,14?/m1/s1. The minimum atomic E-state index is -0.0985. The molecule has 2 bridgehead atoms. The van der Waals surface area contributed by atoms with Crippen molar-refractivity contribution in [2.24, 2.45) is 17.8 Å². The summed E-state index contributed by atoms with van der Waals surface area (Å²) in [6.45, 7) is 3.95. The zero-order valence-corrected chi connectivity index (χ0v) is 14.0. The summed E-state index contributed by atoms with van der Waals surface area (Å²) >= 11 is 3.53. The fourth-order valence-corrected chi connectivity index (χ4v) is 4.32. The van der Waals surface area contributed by atoms with Gasteiger partial charge in [0.05, 0.1) is 17.8 Å². The van der Waals surface area contributed by atoms with Gasteiger partial charge in [0.15, 0.2) is 0 Å². The number of fused-ring (bicyclic) bond motifs is 3. The lowest BCUT2D eigenvalue weighted by Crippen LogP contribution is -2.58. The maximum absolute atomic E-state index is 12.6. The first-order valence-corrected chi connectivity index (χ1v) is 8.57. The number of nitrogens with one attached hydrogen (secondary N) is 2. The summed E-state index contributed by atoms with van der Waals surface area (Å²) < 4.78 is 3.03. The number of carbonyl (C=O) groups excluding carboxylic acids is 1. The van der Waals surface area contributed by atoms with Crippen LogP contribution in [0.5, 0.6) is 0 Å². The SMILES string of the molecule is C[C@@H](NC(=O)C1C2CNCC1C2)c1ncc2c(Br)cccn12. The highest BCUT2D eigenvalue weighted by Crippen LogP contribution is 2.42. The molecule has 1 saturated carbocycles. The van der Waals surface area contributed by atoms with Crippen LogP contribution in [-0.2, 0) is 4.79 Å². The van der Waals surface area contributed by atoms with Gasteiger partial charge in [0, 0.05) is 16.6 Å². The highest BCUT2D eigenvalue weighted by atomic mass is 79.9. The Balaban J connectivity index is 1.53. The van der Waals surface area contributed by atoms with Gasteiger partial charge in [-0.15, -0.1) is 0 Å². The summed E-state index contributed by atoms with van der Waals surface area (Å²) in [7, 11) is 0. The van der Waals surface area contributed by atoms with Gasteiger partial charge in [-0.2, -0.15) is 0 Å². The first-order chi connectivity index (χ1) is 10.6. The van der Waals surface area contributed by atoms with E-state index in [1.165, 1.54) is 6.42 Å². The van der Waals surface area contributed by atoms with Crippen LogP contribution in [0.2, 0.25) is 0 Å². The number of piperidine rings is 2. The number of pyridine rings is 1. The van der Waals surface area contributed by atoms with Crippen molar-refractivity contribution in [3.05, 3.63) is 34.8 Å². The molecule has 2 N–H and O–H groups in total. The molecule has 3 atom stereocenters. The zero-order valence-electron chi connectivity index (χ0n) is 12.4. The molecule has 2 unspecified atom stereocenters. The van der Waals surface area contributed by atoms with E-state index < -0.39 is 0 Å². The summed E-state index contributed by atoms with van der Waals surface area (Å²) in [5.41, 5.74) is 1.02. The Morgan fingerprint density at radius 3 is 3.00 bits per heavy atom. The highest BCUT2D eigenvalue weighted by Gasteiger charge is 2.47. The van der Waals surface area contributed by atoms with Gasteiger partial charge >= 0.3 is 0 Å². The molecule has 2 aliphatic rings. The Hall–Kier alpha value is -1.40. The van der Waals surface area contributed by atoms with Crippen molar-refractivity contribution in [3.63, 3.8) is 0 Å². The average molecular weight is 363 g/mol. The van der Waals surface area contributed by atoms with Crippen molar-refractivity contribution in [3.8, 4) is 0 Å². The Morgan fingerprint density at radius 2 is 2.27 bits per heavy atom. The second-order valence-corrected chi connectivity index (χ2v) is 7.25. The third kappa shape index (κ3) is 2.16. The van der Waals surface area contributed by atoms with Gasteiger partial charge in [-0.05, 0) is 66.3 Å². The van der Waals surface area contributed by atoms with E-state index in [0.717, 1.165) is 28.9 Å². The van der Waals surface area contributed by atoms with Gasteiger partial charge in [0.25, 0.3) is 0 Å². The third-order valence-electron chi connectivity index (χ3n) is 5.03. The molecule has 2 fully saturated rings. The summed E-state index contributed by atoms with van der Waals surface area (Å²) in [5, 5.41) is 6.54. The number of halogens is 1. The number of imidazole rings is 1. The maximum Gasteiger partial charge on any atom is 0.224 e. The fourth-order valence-electron chi connectivity index (χ4n) is 3.88. The van der Waals surface area contributed by atoms with Crippen molar-refractivity contribution < 1.29 is 4.79 Å².